The number of nitrogens with zero attached hydrogens (tertiary/aromatic N) is 1. The fraction of sp³-hybridized carbons (Fsp3) is 0.400. The highest BCUT2D eigenvalue weighted by atomic mass is 16.6. The summed E-state index contributed by atoms with van der Waals surface area (Å²) in [4.78, 5) is 13.4. The van der Waals surface area contributed by atoms with Crippen LogP contribution in [0.2, 0.25) is 0 Å². The molecule has 0 saturated carbocycles. The second kappa shape index (κ2) is 6.32. The minimum atomic E-state index is -0.558. The van der Waals surface area contributed by atoms with Gasteiger partial charge in [0.15, 0.2) is 0 Å². The Morgan fingerprint density at radius 1 is 1.45 bits per heavy atom. The molecule has 0 radical (unpaired) electrons. The zero-order valence-electron chi connectivity index (χ0n) is 12.5. The molecule has 0 heterocycles. The third-order valence-corrected chi connectivity index (χ3v) is 2.40. The van der Waals surface area contributed by atoms with Crippen molar-refractivity contribution in [2.75, 3.05) is 24.3 Å². The molecule has 1 aromatic rings. The molecule has 0 unspecified atom stereocenters. The van der Waals surface area contributed by atoms with E-state index in [1.807, 2.05) is 20.8 Å². The first-order chi connectivity index (χ1) is 9.24. The van der Waals surface area contributed by atoms with E-state index in [1.165, 1.54) is 4.90 Å². The van der Waals surface area contributed by atoms with E-state index in [9.17, 15) is 4.79 Å². The van der Waals surface area contributed by atoms with Gasteiger partial charge >= 0.3 is 6.09 Å². The molecule has 110 valence electrons. The second-order valence-electron chi connectivity index (χ2n) is 5.36. The summed E-state index contributed by atoms with van der Waals surface area (Å²) in [5.74, 6) is 0.615. The van der Waals surface area contributed by atoms with E-state index in [0.717, 1.165) is 0 Å². The van der Waals surface area contributed by atoms with Crippen LogP contribution < -0.4 is 15.4 Å². The highest BCUT2D eigenvalue weighted by Crippen LogP contribution is 2.28. The lowest BCUT2D eigenvalue weighted by molar-refractivity contribution is 0.0589. The SMILES string of the molecule is C=CCOc1ccc(N)c(N(C)C(=O)OC(C)(C)C)c1. The van der Waals surface area contributed by atoms with Crippen LogP contribution in [-0.4, -0.2) is 25.3 Å². The van der Waals surface area contributed by atoms with E-state index in [1.54, 1.807) is 31.3 Å². The molecule has 2 N–H and O–H groups in total. The third-order valence-electron chi connectivity index (χ3n) is 2.40. The number of anilines is 2. The molecule has 1 rings (SSSR count). The Kier molecular flexibility index (Phi) is 5.02. The zero-order valence-corrected chi connectivity index (χ0v) is 12.5. The van der Waals surface area contributed by atoms with Crippen LogP contribution in [0.25, 0.3) is 0 Å². The minimum absolute atomic E-state index is 0.388. The fourth-order valence-electron chi connectivity index (χ4n) is 1.49. The Labute approximate surface area is 120 Å². The molecule has 1 amide bonds. The number of benzene rings is 1. The van der Waals surface area contributed by atoms with Crippen molar-refractivity contribution >= 4 is 17.5 Å². The number of carbonyl (C=O) groups is 1. The number of hydrogen-bond acceptors (Lipinski definition) is 4. The molecule has 0 aliphatic rings. The maximum atomic E-state index is 12.0. The van der Waals surface area contributed by atoms with E-state index in [4.69, 9.17) is 15.2 Å². The summed E-state index contributed by atoms with van der Waals surface area (Å²) in [7, 11) is 1.61. The van der Waals surface area contributed by atoms with E-state index >= 15 is 0 Å². The number of nitrogens with two attached hydrogens (primary N) is 1. The average molecular weight is 278 g/mol. The number of rotatable bonds is 4. The highest BCUT2D eigenvalue weighted by Gasteiger charge is 2.22. The molecule has 0 aromatic heterocycles. The first-order valence-electron chi connectivity index (χ1n) is 6.34. The highest BCUT2D eigenvalue weighted by molar-refractivity contribution is 5.91. The van der Waals surface area contributed by atoms with Crippen LogP contribution in [0.1, 0.15) is 20.8 Å². The van der Waals surface area contributed by atoms with Gasteiger partial charge in [-0.15, -0.1) is 0 Å². The maximum absolute atomic E-state index is 12.0. The van der Waals surface area contributed by atoms with Gasteiger partial charge in [0, 0.05) is 13.1 Å². The van der Waals surface area contributed by atoms with Gasteiger partial charge in [-0.1, -0.05) is 12.7 Å². The van der Waals surface area contributed by atoms with Crippen LogP contribution in [0.4, 0.5) is 16.2 Å². The van der Waals surface area contributed by atoms with Crippen molar-refractivity contribution in [2.45, 2.75) is 26.4 Å². The van der Waals surface area contributed by atoms with Crippen LogP contribution >= 0.6 is 0 Å². The Hall–Kier alpha value is -2.17. The van der Waals surface area contributed by atoms with Crippen LogP contribution in [0.15, 0.2) is 30.9 Å². The molecule has 20 heavy (non-hydrogen) atoms. The lowest BCUT2D eigenvalue weighted by Gasteiger charge is -2.25. The van der Waals surface area contributed by atoms with Gasteiger partial charge in [0.25, 0.3) is 0 Å². The lowest BCUT2D eigenvalue weighted by Crippen LogP contribution is -2.34. The molecular formula is C15H22N2O3. The van der Waals surface area contributed by atoms with E-state index < -0.39 is 11.7 Å². The summed E-state index contributed by atoms with van der Waals surface area (Å²) in [5.41, 5.74) is 6.36. The van der Waals surface area contributed by atoms with E-state index in [-0.39, 0.29) is 0 Å². The molecule has 0 fully saturated rings. The smallest absolute Gasteiger partial charge is 0.414 e. The topological polar surface area (TPSA) is 64.8 Å². The number of hydrogen-bond donors (Lipinski definition) is 1. The Balaban J connectivity index is 2.93. The van der Waals surface area contributed by atoms with Crippen LogP contribution in [0.3, 0.4) is 0 Å². The molecule has 0 aliphatic heterocycles. The molecule has 0 saturated heterocycles. The Morgan fingerprint density at radius 3 is 2.65 bits per heavy atom. The van der Waals surface area contributed by atoms with Crippen molar-refractivity contribution in [1.29, 1.82) is 0 Å². The first kappa shape index (κ1) is 15.9. The Bertz CT molecular complexity index is 492. The van der Waals surface area contributed by atoms with Crippen molar-refractivity contribution in [3.05, 3.63) is 30.9 Å². The van der Waals surface area contributed by atoms with Crippen molar-refractivity contribution < 1.29 is 14.3 Å². The minimum Gasteiger partial charge on any atom is -0.489 e. The molecule has 5 nitrogen and oxygen atoms in total. The normalized spacial score (nSPS) is 10.8. The van der Waals surface area contributed by atoms with Crippen LogP contribution in [0.5, 0.6) is 5.75 Å². The summed E-state index contributed by atoms with van der Waals surface area (Å²) in [6.45, 7) is 9.41. The number of amides is 1. The maximum Gasteiger partial charge on any atom is 0.414 e. The summed E-state index contributed by atoms with van der Waals surface area (Å²) in [6, 6.07) is 5.13. The predicted octanol–water partition coefficient (Wildman–Crippen LogP) is 3.20. The Morgan fingerprint density at radius 2 is 2.10 bits per heavy atom. The summed E-state index contributed by atoms with van der Waals surface area (Å²) < 4.78 is 10.7. The van der Waals surface area contributed by atoms with Crippen molar-refractivity contribution in [3.63, 3.8) is 0 Å². The standard InChI is InChI=1S/C15H22N2O3/c1-6-9-19-11-7-8-12(16)13(10-11)17(5)14(18)20-15(2,3)4/h6-8,10H,1,9,16H2,2-5H3. The largest absolute Gasteiger partial charge is 0.489 e. The lowest BCUT2D eigenvalue weighted by atomic mass is 10.2. The van der Waals surface area contributed by atoms with Gasteiger partial charge in [-0.3, -0.25) is 4.90 Å². The molecule has 0 aliphatic carbocycles. The monoisotopic (exact) mass is 278 g/mol. The van der Waals surface area contributed by atoms with E-state index in [2.05, 4.69) is 6.58 Å². The van der Waals surface area contributed by atoms with Crippen molar-refractivity contribution in [1.82, 2.24) is 0 Å². The van der Waals surface area contributed by atoms with Crippen molar-refractivity contribution in [3.8, 4) is 5.75 Å². The van der Waals surface area contributed by atoms with Gasteiger partial charge in [-0.2, -0.15) is 0 Å². The number of nitrogen functional groups attached to an aromatic ring is 1. The molecule has 1 aromatic carbocycles. The molecule has 0 atom stereocenters. The van der Waals surface area contributed by atoms with Gasteiger partial charge in [0.1, 0.15) is 18.0 Å². The summed E-state index contributed by atoms with van der Waals surface area (Å²) >= 11 is 0. The number of ether oxygens (including phenoxy) is 2. The predicted molar refractivity (Wildman–Crippen MR) is 81.2 cm³/mol. The van der Waals surface area contributed by atoms with Gasteiger partial charge < -0.3 is 15.2 Å². The molecule has 0 bridgehead atoms. The zero-order chi connectivity index (χ0) is 15.3. The summed E-state index contributed by atoms with van der Waals surface area (Å²) in [5, 5.41) is 0. The van der Waals surface area contributed by atoms with Gasteiger partial charge in [0.05, 0.1) is 11.4 Å². The summed E-state index contributed by atoms with van der Waals surface area (Å²) in [6.07, 6.45) is 1.18. The fourth-order valence-corrected chi connectivity index (χ4v) is 1.49. The second-order valence-corrected chi connectivity index (χ2v) is 5.36. The van der Waals surface area contributed by atoms with Crippen LogP contribution in [-0.2, 0) is 4.74 Å². The van der Waals surface area contributed by atoms with Gasteiger partial charge in [-0.05, 0) is 32.9 Å². The van der Waals surface area contributed by atoms with Crippen LogP contribution in [0, 0.1) is 0 Å². The van der Waals surface area contributed by atoms with Gasteiger partial charge in [-0.25, -0.2) is 4.79 Å². The van der Waals surface area contributed by atoms with Crippen molar-refractivity contribution in [2.24, 2.45) is 0 Å². The quantitative estimate of drug-likeness (QED) is 0.678. The molecule has 5 heteroatoms. The van der Waals surface area contributed by atoms with Gasteiger partial charge in [0.2, 0.25) is 0 Å². The molecular weight excluding hydrogens is 256 g/mol. The molecule has 0 spiro atoms. The average Bonchev–Trinajstić information content (AvgIpc) is 2.35. The first-order valence-corrected chi connectivity index (χ1v) is 6.34. The number of carbonyl (C=O) groups excluding carboxylic acids is 1. The van der Waals surface area contributed by atoms with E-state index in [0.29, 0.717) is 23.7 Å². The third kappa shape index (κ3) is 4.50.